The monoisotopic (exact) mass is 333 g/mol. The zero-order chi connectivity index (χ0) is 15.7. The van der Waals surface area contributed by atoms with Crippen LogP contribution in [-0.4, -0.2) is 5.91 Å². The van der Waals surface area contributed by atoms with Crippen molar-refractivity contribution in [2.75, 3.05) is 5.32 Å². The molecule has 0 atom stereocenters. The standard InChI is InChI=1S/C18H14ClNO2.Na/c1-11-6-7-14(8-15(11)19)18(22)20-16-9-12-4-2-3-5-13(12)10-17(16)21;/h2-10,21H,1H3,(H,20,22);/q;+1/p-1. The van der Waals surface area contributed by atoms with Crippen LogP contribution in [0.3, 0.4) is 0 Å². The fourth-order valence-corrected chi connectivity index (χ4v) is 2.43. The van der Waals surface area contributed by atoms with Crippen LogP contribution >= 0.6 is 11.6 Å². The number of amides is 1. The molecule has 3 aromatic carbocycles. The maximum atomic E-state index is 12.3. The predicted octanol–water partition coefficient (Wildman–Crippen LogP) is 1.13. The van der Waals surface area contributed by atoms with Gasteiger partial charge in [-0.1, -0.05) is 53.7 Å². The Bertz CT molecular complexity index is 880. The molecule has 3 rings (SSSR count). The van der Waals surface area contributed by atoms with E-state index in [1.54, 1.807) is 24.3 Å². The molecule has 1 N–H and O–H groups in total. The molecule has 0 fully saturated rings. The maximum absolute atomic E-state index is 12.3. The summed E-state index contributed by atoms with van der Waals surface area (Å²) in [6.07, 6.45) is 0. The summed E-state index contributed by atoms with van der Waals surface area (Å²) in [5.41, 5.74) is 1.58. The Hall–Kier alpha value is -1.52. The van der Waals surface area contributed by atoms with Crippen molar-refractivity contribution in [3.8, 4) is 5.75 Å². The normalized spacial score (nSPS) is 10.2. The Kier molecular flexibility index (Phi) is 5.71. The van der Waals surface area contributed by atoms with Gasteiger partial charge in [-0.15, -0.1) is 0 Å². The number of benzene rings is 3. The van der Waals surface area contributed by atoms with E-state index in [1.807, 2.05) is 31.2 Å². The third kappa shape index (κ3) is 3.88. The summed E-state index contributed by atoms with van der Waals surface area (Å²) in [5.74, 6) is -0.570. The van der Waals surface area contributed by atoms with Crippen molar-refractivity contribution in [1.82, 2.24) is 0 Å². The second-order valence-electron chi connectivity index (χ2n) is 5.11. The smallest absolute Gasteiger partial charge is 0.871 e. The van der Waals surface area contributed by atoms with Crippen molar-refractivity contribution < 1.29 is 39.5 Å². The van der Waals surface area contributed by atoms with Crippen LogP contribution in [0.5, 0.6) is 5.75 Å². The second-order valence-corrected chi connectivity index (χ2v) is 5.52. The summed E-state index contributed by atoms with van der Waals surface area (Å²) in [6, 6.07) is 15.8. The molecule has 0 aliphatic rings. The molecule has 0 unspecified atom stereocenters. The quantitative estimate of drug-likeness (QED) is 0.715. The van der Waals surface area contributed by atoms with E-state index < -0.39 is 0 Å². The van der Waals surface area contributed by atoms with E-state index in [9.17, 15) is 9.90 Å². The van der Waals surface area contributed by atoms with Gasteiger partial charge in [0.15, 0.2) is 0 Å². The van der Waals surface area contributed by atoms with Gasteiger partial charge in [0.25, 0.3) is 5.91 Å². The molecular formula is C18H13ClNNaO2. The van der Waals surface area contributed by atoms with Crippen LogP contribution in [0.1, 0.15) is 15.9 Å². The average molecular weight is 334 g/mol. The Morgan fingerprint density at radius 3 is 2.35 bits per heavy atom. The number of rotatable bonds is 2. The van der Waals surface area contributed by atoms with Gasteiger partial charge in [0.1, 0.15) is 0 Å². The number of carbonyl (C=O) groups is 1. The molecule has 3 nitrogen and oxygen atoms in total. The molecule has 1 amide bonds. The summed E-state index contributed by atoms with van der Waals surface area (Å²) in [7, 11) is 0. The molecule has 110 valence electrons. The van der Waals surface area contributed by atoms with E-state index in [1.165, 1.54) is 6.07 Å². The summed E-state index contributed by atoms with van der Waals surface area (Å²) < 4.78 is 0. The number of carbonyl (C=O) groups excluding carboxylic acids is 1. The fraction of sp³-hybridized carbons (Fsp3) is 0.0556. The SMILES string of the molecule is Cc1ccc(C(=O)Nc2cc3ccccc3cc2[O-])cc1Cl.[Na+]. The van der Waals surface area contributed by atoms with Crippen LogP contribution in [0.4, 0.5) is 5.69 Å². The zero-order valence-corrected chi connectivity index (χ0v) is 15.6. The predicted molar refractivity (Wildman–Crippen MR) is 87.5 cm³/mol. The van der Waals surface area contributed by atoms with E-state index >= 15 is 0 Å². The van der Waals surface area contributed by atoms with Crippen molar-refractivity contribution in [3.05, 3.63) is 70.7 Å². The average Bonchev–Trinajstić information content (AvgIpc) is 2.50. The first-order valence-corrected chi connectivity index (χ1v) is 7.20. The van der Waals surface area contributed by atoms with Gasteiger partial charge < -0.3 is 10.4 Å². The largest absolute Gasteiger partial charge is 1.00 e. The van der Waals surface area contributed by atoms with Crippen molar-refractivity contribution in [2.24, 2.45) is 0 Å². The third-order valence-corrected chi connectivity index (χ3v) is 3.94. The second kappa shape index (κ2) is 7.37. The topological polar surface area (TPSA) is 52.2 Å². The van der Waals surface area contributed by atoms with Gasteiger partial charge >= 0.3 is 29.6 Å². The summed E-state index contributed by atoms with van der Waals surface area (Å²) in [6.45, 7) is 1.86. The Labute approximate surface area is 161 Å². The number of halogens is 1. The van der Waals surface area contributed by atoms with Gasteiger partial charge in [-0.05, 0) is 41.5 Å². The van der Waals surface area contributed by atoms with Crippen LogP contribution in [-0.2, 0) is 0 Å². The molecule has 23 heavy (non-hydrogen) atoms. The van der Waals surface area contributed by atoms with Gasteiger partial charge in [0, 0.05) is 16.3 Å². The fourth-order valence-electron chi connectivity index (χ4n) is 2.25. The van der Waals surface area contributed by atoms with E-state index in [2.05, 4.69) is 5.32 Å². The maximum Gasteiger partial charge on any atom is 1.00 e. The first kappa shape index (κ1) is 17.8. The minimum atomic E-state index is -0.353. The summed E-state index contributed by atoms with van der Waals surface area (Å²) in [5, 5.41) is 17.0. The molecule has 0 aromatic heterocycles. The van der Waals surface area contributed by atoms with Crippen molar-refractivity contribution >= 4 is 34.0 Å². The third-order valence-electron chi connectivity index (χ3n) is 3.53. The van der Waals surface area contributed by atoms with Crippen LogP contribution in [0.2, 0.25) is 5.02 Å². The molecule has 0 radical (unpaired) electrons. The summed E-state index contributed by atoms with van der Waals surface area (Å²) >= 11 is 6.03. The molecule has 5 heteroatoms. The van der Waals surface area contributed by atoms with E-state index in [4.69, 9.17) is 11.6 Å². The number of aryl methyl sites for hydroxylation is 1. The van der Waals surface area contributed by atoms with Crippen molar-refractivity contribution in [1.29, 1.82) is 0 Å². The number of anilines is 1. The van der Waals surface area contributed by atoms with E-state index in [-0.39, 0.29) is 46.9 Å². The molecule has 0 heterocycles. The van der Waals surface area contributed by atoms with Gasteiger partial charge in [-0.2, -0.15) is 0 Å². The van der Waals surface area contributed by atoms with Crippen LogP contribution in [0.15, 0.2) is 54.6 Å². The Morgan fingerprint density at radius 1 is 1.04 bits per heavy atom. The zero-order valence-electron chi connectivity index (χ0n) is 12.9. The van der Waals surface area contributed by atoms with Crippen LogP contribution in [0, 0.1) is 6.92 Å². The molecule has 3 aromatic rings. The molecule has 0 spiro atoms. The molecule has 0 aliphatic heterocycles. The molecule has 0 aliphatic carbocycles. The van der Waals surface area contributed by atoms with Gasteiger partial charge in [-0.25, -0.2) is 0 Å². The van der Waals surface area contributed by atoms with Crippen LogP contribution < -0.4 is 40.0 Å². The molecule has 0 saturated carbocycles. The number of hydrogen-bond acceptors (Lipinski definition) is 2. The number of fused-ring (bicyclic) bond motifs is 1. The first-order valence-electron chi connectivity index (χ1n) is 6.82. The minimum Gasteiger partial charge on any atom is -0.871 e. The van der Waals surface area contributed by atoms with Crippen LogP contribution in [0.25, 0.3) is 10.8 Å². The van der Waals surface area contributed by atoms with Gasteiger partial charge in [0.05, 0.1) is 0 Å². The van der Waals surface area contributed by atoms with Gasteiger partial charge in [0.2, 0.25) is 0 Å². The summed E-state index contributed by atoms with van der Waals surface area (Å²) in [4.78, 5) is 12.3. The Morgan fingerprint density at radius 2 is 1.70 bits per heavy atom. The minimum absolute atomic E-state index is 0. The number of nitrogens with one attached hydrogen (secondary N) is 1. The van der Waals surface area contributed by atoms with E-state index in [0.29, 0.717) is 10.6 Å². The molecular weight excluding hydrogens is 321 g/mol. The molecule has 0 saturated heterocycles. The molecule has 0 bridgehead atoms. The Balaban J connectivity index is 0.00000192. The number of hydrogen-bond donors (Lipinski definition) is 1. The van der Waals surface area contributed by atoms with E-state index in [0.717, 1.165) is 16.3 Å². The first-order chi connectivity index (χ1) is 10.5. The van der Waals surface area contributed by atoms with Crippen molar-refractivity contribution in [3.63, 3.8) is 0 Å². The van der Waals surface area contributed by atoms with Crippen molar-refractivity contribution in [2.45, 2.75) is 6.92 Å². The van der Waals surface area contributed by atoms with Gasteiger partial charge in [-0.3, -0.25) is 4.79 Å².